The van der Waals surface area contributed by atoms with E-state index in [-0.39, 0.29) is 17.6 Å². The van der Waals surface area contributed by atoms with Crippen molar-refractivity contribution in [2.75, 3.05) is 12.3 Å². The SMILES string of the molecule is CC(C)CCNC(=O)c1coc(N)n1. The average molecular weight is 197 g/mol. The van der Waals surface area contributed by atoms with Gasteiger partial charge in [-0.05, 0) is 12.3 Å². The van der Waals surface area contributed by atoms with Gasteiger partial charge in [-0.25, -0.2) is 0 Å². The second-order valence-corrected chi connectivity index (χ2v) is 3.51. The zero-order valence-electron chi connectivity index (χ0n) is 8.41. The molecule has 14 heavy (non-hydrogen) atoms. The van der Waals surface area contributed by atoms with E-state index in [4.69, 9.17) is 10.2 Å². The minimum Gasteiger partial charge on any atom is -0.431 e. The number of carbonyl (C=O) groups excluding carboxylic acids is 1. The number of aromatic nitrogens is 1. The Morgan fingerprint density at radius 3 is 2.93 bits per heavy atom. The van der Waals surface area contributed by atoms with Gasteiger partial charge in [0.05, 0.1) is 0 Å². The lowest BCUT2D eigenvalue weighted by atomic mass is 10.1. The highest BCUT2D eigenvalue weighted by atomic mass is 16.4. The van der Waals surface area contributed by atoms with Gasteiger partial charge in [-0.15, -0.1) is 0 Å². The fourth-order valence-corrected chi connectivity index (χ4v) is 0.957. The Labute approximate surface area is 82.7 Å². The maximum atomic E-state index is 11.4. The molecule has 0 aliphatic heterocycles. The molecule has 0 radical (unpaired) electrons. The molecule has 0 aromatic carbocycles. The first-order valence-corrected chi connectivity index (χ1v) is 4.59. The van der Waals surface area contributed by atoms with Crippen molar-refractivity contribution < 1.29 is 9.21 Å². The number of nitrogens with two attached hydrogens (primary N) is 1. The summed E-state index contributed by atoms with van der Waals surface area (Å²) in [5.74, 6) is 0.323. The molecule has 3 N–H and O–H groups in total. The van der Waals surface area contributed by atoms with Crippen molar-refractivity contribution in [3.05, 3.63) is 12.0 Å². The second-order valence-electron chi connectivity index (χ2n) is 3.51. The lowest BCUT2D eigenvalue weighted by molar-refractivity contribution is 0.0947. The summed E-state index contributed by atoms with van der Waals surface area (Å²) in [7, 11) is 0. The quantitative estimate of drug-likeness (QED) is 0.755. The molecule has 0 fully saturated rings. The van der Waals surface area contributed by atoms with E-state index >= 15 is 0 Å². The summed E-state index contributed by atoms with van der Waals surface area (Å²) in [5.41, 5.74) is 5.46. The predicted molar refractivity (Wildman–Crippen MR) is 52.7 cm³/mol. The van der Waals surface area contributed by atoms with Gasteiger partial charge in [0.25, 0.3) is 11.9 Å². The van der Waals surface area contributed by atoms with Crippen LogP contribution in [0.15, 0.2) is 10.7 Å². The number of oxazole rings is 1. The highest BCUT2D eigenvalue weighted by Crippen LogP contribution is 2.03. The van der Waals surface area contributed by atoms with Crippen LogP contribution in [0.2, 0.25) is 0 Å². The fraction of sp³-hybridized carbons (Fsp3) is 0.556. The first-order chi connectivity index (χ1) is 6.59. The molecule has 0 aliphatic carbocycles. The van der Waals surface area contributed by atoms with Crippen LogP contribution in [0.25, 0.3) is 0 Å². The fourth-order valence-electron chi connectivity index (χ4n) is 0.957. The van der Waals surface area contributed by atoms with Gasteiger partial charge in [0.15, 0.2) is 5.69 Å². The molecule has 0 atom stereocenters. The Bertz CT molecular complexity index is 307. The number of nitrogens with zero attached hydrogens (tertiary/aromatic N) is 1. The van der Waals surface area contributed by atoms with Gasteiger partial charge in [-0.1, -0.05) is 13.8 Å². The van der Waals surface area contributed by atoms with E-state index < -0.39 is 0 Å². The van der Waals surface area contributed by atoms with Crippen molar-refractivity contribution in [3.63, 3.8) is 0 Å². The van der Waals surface area contributed by atoms with E-state index in [1.165, 1.54) is 6.26 Å². The van der Waals surface area contributed by atoms with E-state index in [0.29, 0.717) is 12.5 Å². The van der Waals surface area contributed by atoms with Gasteiger partial charge in [0.1, 0.15) is 6.26 Å². The first kappa shape index (κ1) is 10.6. The topological polar surface area (TPSA) is 81.2 Å². The maximum absolute atomic E-state index is 11.4. The summed E-state index contributed by atoms with van der Waals surface area (Å²) in [6.07, 6.45) is 2.19. The zero-order valence-corrected chi connectivity index (χ0v) is 8.41. The third-order valence-electron chi connectivity index (χ3n) is 1.76. The van der Waals surface area contributed by atoms with Gasteiger partial charge in [-0.3, -0.25) is 4.79 Å². The molecule has 1 aromatic heterocycles. The number of nitrogens with one attached hydrogen (secondary N) is 1. The van der Waals surface area contributed by atoms with Crippen LogP contribution in [0.3, 0.4) is 0 Å². The largest absolute Gasteiger partial charge is 0.431 e. The van der Waals surface area contributed by atoms with Crippen LogP contribution < -0.4 is 11.1 Å². The van der Waals surface area contributed by atoms with Crippen molar-refractivity contribution in [2.45, 2.75) is 20.3 Å². The summed E-state index contributed by atoms with van der Waals surface area (Å²) in [4.78, 5) is 15.1. The van der Waals surface area contributed by atoms with Crippen LogP contribution in [0.4, 0.5) is 6.01 Å². The molecule has 0 saturated carbocycles. The van der Waals surface area contributed by atoms with E-state index in [1.54, 1.807) is 0 Å². The summed E-state index contributed by atoms with van der Waals surface area (Å²) in [6, 6.07) is 0.0130. The zero-order chi connectivity index (χ0) is 10.6. The van der Waals surface area contributed by atoms with E-state index in [9.17, 15) is 4.79 Å². The van der Waals surface area contributed by atoms with Gasteiger partial charge < -0.3 is 15.5 Å². The third kappa shape index (κ3) is 3.08. The molecule has 5 heteroatoms. The Balaban J connectivity index is 2.36. The van der Waals surface area contributed by atoms with Crippen molar-refractivity contribution in [1.29, 1.82) is 0 Å². The number of hydrogen-bond acceptors (Lipinski definition) is 4. The Morgan fingerprint density at radius 1 is 1.71 bits per heavy atom. The van der Waals surface area contributed by atoms with Crippen molar-refractivity contribution >= 4 is 11.9 Å². The third-order valence-corrected chi connectivity index (χ3v) is 1.76. The monoisotopic (exact) mass is 197 g/mol. The Morgan fingerprint density at radius 2 is 2.43 bits per heavy atom. The van der Waals surface area contributed by atoms with E-state index in [0.717, 1.165) is 6.42 Å². The number of nitrogen functional groups attached to an aromatic ring is 1. The molecule has 0 spiro atoms. The molecule has 1 aromatic rings. The predicted octanol–water partition coefficient (Wildman–Crippen LogP) is 1.03. The number of rotatable bonds is 4. The molecular formula is C9H15N3O2. The number of anilines is 1. The molecule has 1 rings (SSSR count). The summed E-state index contributed by atoms with van der Waals surface area (Å²) >= 11 is 0. The van der Waals surface area contributed by atoms with Crippen LogP contribution in [-0.4, -0.2) is 17.4 Å². The van der Waals surface area contributed by atoms with Gasteiger partial charge in [0.2, 0.25) is 0 Å². The van der Waals surface area contributed by atoms with E-state index in [1.807, 2.05) is 0 Å². The average Bonchev–Trinajstić information content (AvgIpc) is 2.51. The van der Waals surface area contributed by atoms with Gasteiger partial charge in [-0.2, -0.15) is 4.98 Å². The number of carbonyl (C=O) groups is 1. The van der Waals surface area contributed by atoms with Crippen molar-refractivity contribution in [2.24, 2.45) is 5.92 Å². The van der Waals surface area contributed by atoms with Crippen molar-refractivity contribution in [1.82, 2.24) is 10.3 Å². The van der Waals surface area contributed by atoms with Crippen LogP contribution in [0, 0.1) is 5.92 Å². The van der Waals surface area contributed by atoms with Crippen LogP contribution >= 0.6 is 0 Å². The Kier molecular flexibility index (Phi) is 3.50. The minimum atomic E-state index is -0.244. The normalized spacial score (nSPS) is 10.5. The maximum Gasteiger partial charge on any atom is 0.292 e. The van der Waals surface area contributed by atoms with Gasteiger partial charge >= 0.3 is 0 Å². The highest BCUT2D eigenvalue weighted by Gasteiger charge is 2.09. The minimum absolute atomic E-state index is 0.0130. The van der Waals surface area contributed by atoms with Gasteiger partial charge in [0, 0.05) is 6.54 Å². The molecule has 1 amide bonds. The van der Waals surface area contributed by atoms with Crippen LogP contribution in [-0.2, 0) is 0 Å². The number of hydrogen-bond donors (Lipinski definition) is 2. The van der Waals surface area contributed by atoms with Crippen LogP contribution in [0.1, 0.15) is 30.8 Å². The molecule has 0 unspecified atom stereocenters. The molecule has 0 aliphatic rings. The summed E-state index contributed by atoms with van der Waals surface area (Å²) in [5, 5.41) is 2.73. The molecule has 0 bridgehead atoms. The molecule has 0 saturated heterocycles. The lowest BCUT2D eigenvalue weighted by Crippen LogP contribution is -2.25. The molecule has 5 nitrogen and oxygen atoms in total. The number of amides is 1. The molecular weight excluding hydrogens is 182 g/mol. The molecule has 78 valence electrons. The molecule has 1 heterocycles. The standard InChI is InChI=1S/C9H15N3O2/c1-6(2)3-4-11-8(13)7-5-14-9(10)12-7/h5-6H,3-4H2,1-2H3,(H2,10,12)(H,11,13). The second kappa shape index (κ2) is 4.64. The first-order valence-electron chi connectivity index (χ1n) is 4.59. The summed E-state index contributed by atoms with van der Waals surface area (Å²) < 4.78 is 4.72. The van der Waals surface area contributed by atoms with E-state index in [2.05, 4.69) is 24.1 Å². The lowest BCUT2D eigenvalue weighted by Gasteiger charge is -2.04. The summed E-state index contributed by atoms with van der Waals surface area (Å²) in [6.45, 7) is 4.84. The smallest absolute Gasteiger partial charge is 0.292 e. The van der Waals surface area contributed by atoms with Crippen LogP contribution in [0.5, 0.6) is 0 Å². The van der Waals surface area contributed by atoms with Crippen molar-refractivity contribution in [3.8, 4) is 0 Å². The highest BCUT2D eigenvalue weighted by molar-refractivity contribution is 5.92. The Hall–Kier alpha value is -1.52.